The molecule has 1 fully saturated rings. The average molecular weight is 550 g/mol. The monoisotopic (exact) mass is 549 g/mol. The Morgan fingerprint density at radius 3 is 2.23 bits per heavy atom. The number of amides is 2. The normalized spacial score (nSPS) is 19.9. The Balaban J connectivity index is 1.72. The van der Waals surface area contributed by atoms with Gasteiger partial charge in [-0.3, -0.25) is 14.4 Å². The van der Waals surface area contributed by atoms with E-state index < -0.39 is 5.78 Å². The van der Waals surface area contributed by atoms with Gasteiger partial charge in [0.1, 0.15) is 11.3 Å². The molecule has 1 aliphatic heterocycles. The fourth-order valence-electron chi connectivity index (χ4n) is 6.64. The highest BCUT2D eigenvalue weighted by atomic mass is 16.3. The van der Waals surface area contributed by atoms with Crippen molar-refractivity contribution in [3.05, 3.63) is 40.7 Å². The number of aliphatic hydroxyl groups excluding tert-OH is 1. The Morgan fingerprint density at radius 1 is 1.05 bits per heavy atom. The summed E-state index contributed by atoms with van der Waals surface area (Å²) >= 11 is 0. The van der Waals surface area contributed by atoms with Gasteiger partial charge in [0.05, 0.1) is 22.9 Å². The molecule has 0 aromatic heterocycles. The number of hydrazine groups is 1. The van der Waals surface area contributed by atoms with Gasteiger partial charge >= 0.3 is 5.91 Å². The molecule has 4 rings (SSSR count). The van der Waals surface area contributed by atoms with Gasteiger partial charge < -0.3 is 15.3 Å². The zero-order chi connectivity index (χ0) is 29.3. The molecule has 2 aliphatic carbocycles. The lowest BCUT2D eigenvalue weighted by atomic mass is 9.79. The number of rotatable bonds is 10. The highest BCUT2D eigenvalue weighted by Crippen LogP contribution is 2.42. The van der Waals surface area contributed by atoms with Gasteiger partial charge in [0, 0.05) is 37.7 Å². The van der Waals surface area contributed by atoms with Crippen LogP contribution in [-0.2, 0) is 14.4 Å². The van der Waals surface area contributed by atoms with E-state index in [1.165, 1.54) is 0 Å². The van der Waals surface area contributed by atoms with E-state index in [9.17, 15) is 19.5 Å². The second-order valence-electron chi connectivity index (χ2n) is 12.0. The topological polar surface area (TPSA) is 104 Å². The number of hydrogen-bond donors (Lipinski definition) is 3. The molecule has 1 saturated carbocycles. The van der Waals surface area contributed by atoms with Gasteiger partial charge in [-0.15, -0.1) is 10.1 Å². The van der Waals surface area contributed by atoms with Gasteiger partial charge in [-0.25, -0.2) is 0 Å². The molecule has 8 nitrogen and oxygen atoms in total. The highest BCUT2D eigenvalue weighted by molar-refractivity contribution is 6.44. The Bertz CT molecular complexity index is 1270. The van der Waals surface area contributed by atoms with Crippen LogP contribution in [0.2, 0.25) is 0 Å². The molecule has 2 amide bonds. The van der Waals surface area contributed by atoms with Crippen molar-refractivity contribution in [2.45, 2.75) is 86.6 Å². The molecule has 0 unspecified atom stereocenters. The van der Waals surface area contributed by atoms with Crippen molar-refractivity contribution in [2.75, 3.05) is 23.3 Å². The molecule has 1 aromatic rings. The van der Waals surface area contributed by atoms with Crippen LogP contribution < -0.4 is 15.3 Å². The Morgan fingerprint density at radius 2 is 1.68 bits per heavy atom. The third-order valence-electron chi connectivity index (χ3n) is 8.56. The number of nitrogens with zero attached hydrogens (tertiary/aromatic N) is 2. The molecule has 8 heteroatoms. The van der Waals surface area contributed by atoms with Crippen LogP contribution in [0.5, 0.6) is 0 Å². The van der Waals surface area contributed by atoms with E-state index in [4.69, 9.17) is 0 Å². The third-order valence-corrected chi connectivity index (χ3v) is 8.56. The van der Waals surface area contributed by atoms with Crippen molar-refractivity contribution < 1.29 is 24.6 Å². The van der Waals surface area contributed by atoms with E-state index >= 15 is 0 Å². The fraction of sp³-hybridized carbons (Fsp3) is 0.562. The van der Waals surface area contributed by atoms with Crippen molar-refractivity contribution in [1.82, 2.24) is 5.01 Å². The third kappa shape index (κ3) is 5.45. The maximum absolute atomic E-state index is 13.6. The summed E-state index contributed by atoms with van der Waals surface area (Å²) in [6.45, 7) is 15.7. The zero-order valence-electron chi connectivity index (χ0n) is 25.1. The van der Waals surface area contributed by atoms with E-state index in [-0.39, 0.29) is 52.2 Å². The van der Waals surface area contributed by atoms with E-state index in [0.717, 1.165) is 44.5 Å². The quantitative estimate of drug-likeness (QED) is 0.380. The summed E-state index contributed by atoms with van der Waals surface area (Å²) in [7, 11) is 0. The minimum absolute atomic E-state index is 0.0369. The summed E-state index contributed by atoms with van der Waals surface area (Å²) in [6, 6.07) is 5.50. The summed E-state index contributed by atoms with van der Waals surface area (Å²) in [6.07, 6.45) is 4.88. The number of carbonyl (C=O) groups excluding carboxylic acids is 3. The Kier molecular flexibility index (Phi) is 8.86. The first-order valence-corrected chi connectivity index (χ1v) is 14.9. The number of benzene rings is 1. The fourth-order valence-corrected chi connectivity index (χ4v) is 6.64. The van der Waals surface area contributed by atoms with Gasteiger partial charge in [0.25, 0.3) is 0 Å². The molecule has 40 heavy (non-hydrogen) atoms. The van der Waals surface area contributed by atoms with Crippen LogP contribution in [0.3, 0.4) is 0 Å². The van der Waals surface area contributed by atoms with Crippen LogP contribution in [-0.4, -0.2) is 52.6 Å². The number of ketones is 1. The van der Waals surface area contributed by atoms with Crippen LogP contribution in [0, 0.1) is 17.8 Å². The molecule has 0 spiro atoms. The Labute approximate surface area is 238 Å². The van der Waals surface area contributed by atoms with Gasteiger partial charge in [0.15, 0.2) is 0 Å². The first-order valence-electron chi connectivity index (χ1n) is 14.9. The second-order valence-corrected chi connectivity index (χ2v) is 12.0. The lowest BCUT2D eigenvalue weighted by Gasteiger charge is -2.28. The zero-order valence-corrected chi connectivity index (χ0v) is 25.1. The maximum atomic E-state index is 13.6. The molecule has 3 aliphatic rings. The van der Waals surface area contributed by atoms with Crippen molar-refractivity contribution in [3.63, 3.8) is 0 Å². The molecule has 0 radical (unpaired) electrons. The van der Waals surface area contributed by atoms with Crippen LogP contribution in [0.15, 0.2) is 35.1 Å². The number of carbonyl (C=O) groups is 3. The molecule has 0 atom stereocenters. The lowest BCUT2D eigenvalue weighted by molar-refractivity contribution is -0.629. The molecule has 3 N–H and O–H groups in total. The predicted molar refractivity (Wildman–Crippen MR) is 159 cm³/mol. The molecule has 1 aromatic carbocycles. The second kappa shape index (κ2) is 12.0. The largest absolute Gasteiger partial charge is 0.506 e. The average Bonchev–Trinajstić information content (AvgIpc) is 3.49. The summed E-state index contributed by atoms with van der Waals surface area (Å²) in [5.41, 5.74) is 2.83. The summed E-state index contributed by atoms with van der Waals surface area (Å²) in [5.74, 6) is -0.207. The Hall–Kier alpha value is -3.42. The maximum Gasteiger partial charge on any atom is 0.315 e. The van der Waals surface area contributed by atoms with E-state index in [2.05, 4.69) is 56.9 Å². The van der Waals surface area contributed by atoms with Gasteiger partial charge in [-0.1, -0.05) is 40.5 Å². The summed E-state index contributed by atoms with van der Waals surface area (Å²) in [4.78, 5) is 42.4. The molecule has 216 valence electrons. The number of Topliss-reactive ketones (excluding diaryl/α,β-unsaturated/α-hetero) is 1. The summed E-state index contributed by atoms with van der Waals surface area (Å²) in [5, 5.41) is 19.1. The minimum atomic E-state index is -0.392. The number of anilines is 2. The van der Waals surface area contributed by atoms with Gasteiger partial charge in [-0.05, 0) is 62.6 Å². The van der Waals surface area contributed by atoms with Crippen molar-refractivity contribution in [1.29, 1.82) is 0 Å². The first-order chi connectivity index (χ1) is 19.0. The smallest absolute Gasteiger partial charge is 0.315 e. The predicted octanol–water partition coefficient (Wildman–Crippen LogP) is 4.18. The van der Waals surface area contributed by atoms with Gasteiger partial charge in [0.2, 0.25) is 17.4 Å². The van der Waals surface area contributed by atoms with E-state index in [1.54, 1.807) is 18.0 Å². The number of allylic oxidation sites excluding steroid dienone is 2. The SMILES string of the molecule is CCN(CC)c1ccc(C2=C(O)/C(=C3/C(=O)N(C(C(C)C)C(C)C)[NH+]=C3C)C2=O)c(NC(=O)CC2CCCC2)c1. The lowest BCUT2D eigenvalue weighted by Crippen LogP contribution is -2.84. The molecule has 0 saturated heterocycles. The van der Waals surface area contributed by atoms with Crippen LogP contribution in [0.1, 0.15) is 86.1 Å². The van der Waals surface area contributed by atoms with Crippen LogP contribution in [0.25, 0.3) is 5.57 Å². The number of aliphatic hydroxyl groups is 1. The molecule has 1 heterocycles. The van der Waals surface area contributed by atoms with Crippen molar-refractivity contribution in [2.24, 2.45) is 17.8 Å². The standard InChI is InChI=1S/C32H44N4O4/c1-8-35(9-2)22-14-15-23(24(17-22)33-25(37)16-21-12-10-11-13-21)27-30(38)28(31(27)39)26-20(7)34-36(32(26)40)29(18(3)4)19(5)6/h14-15,17-19,21,29,38H,8-13,16H2,1-7H3,(H,33,37)/p+1/b28-26-. The van der Waals surface area contributed by atoms with Crippen molar-refractivity contribution >= 4 is 40.3 Å². The number of hydrogen-bond acceptors (Lipinski definition) is 5. The highest BCUT2D eigenvalue weighted by Gasteiger charge is 2.48. The van der Waals surface area contributed by atoms with E-state index in [0.29, 0.717) is 29.3 Å². The molecular weight excluding hydrogens is 504 g/mol. The molecule has 0 bridgehead atoms. The molecular formula is C32H45N4O4+. The van der Waals surface area contributed by atoms with Crippen molar-refractivity contribution in [3.8, 4) is 0 Å². The number of nitrogens with one attached hydrogen (secondary N) is 2. The number of hydrazone groups is 1. The van der Waals surface area contributed by atoms with Gasteiger partial charge in [-0.2, -0.15) is 0 Å². The van der Waals surface area contributed by atoms with Crippen LogP contribution in [0.4, 0.5) is 11.4 Å². The van der Waals surface area contributed by atoms with E-state index in [1.807, 2.05) is 12.1 Å². The minimum Gasteiger partial charge on any atom is -0.506 e. The first kappa shape index (κ1) is 29.6. The summed E-state index contributed by atoms with van der Waals surface area (Å²) < 4.78 is 0. The van der Waals surface area contributed by atoms with Crippen LogP contribution >= 0.6 is 0 Å².